The Morgan fingerprint density at radius 2 is 1.50 bits per heavy atom. The first-order valence-electron chi connectivity index (χ1n) is 5.85. The Balaban J connectivity index is 3.03. The minimum Gasteiger partial charge on any atom is -0.354 e. The molecule has 0 aliphatic heterocycles. The van der Waals surface area contributed by atoms with Gasteiger partial charge in [0.05, 0.1) is 11.4 Å². The van der Waals surface area contributed by atoms with Crippen molar-refractivity contribution in [2.75, 3.05) is 18.0 Å². The monoisotopic (exact) mass is 241 g/mol. The zero-order valence-electron chi connectivity index (χ0n) is 10.5. The summed E-state index contributed by atoms with van der Waals surface area (Å²) in [5.41, 5.74) is 1.86. The highest BCUT2D eigenvalue weighted by Gasteiger charge is 2.13. The maximum absolute atomic E-state index is 6.15. The normalized spacial score (nSPS) is 10.6. The largest absolute Gasteiger partial charge is 0.354 e. The van der Waals surface area contributed by atoms with E-state index in [-0.39, 0.29) is 0 Å². The van der Waals surface area contributed by atoms with Gasteiger partial charge in [0.1, 0.15) is 0 Å². The third-order valence-corrected chi connectivity index (χ3v) is 2.79. The van der Waals surface area contributed by atoms with Crippen molar-refractivity contribution in [2.24, 2.45) is 0 Å². The molecule has 1 heterocycles. The van der Waals surface area contributed by atoms with Gasteiger partial charge in [0.15, 0.2) is 11.0 Å². The van der Waals surface area contributed by atoms with Crippen molar-refractivity contribution in [1.82, 2.24) is 9.97 Å². The second kappa shape index (κ2) is 6.04. The molecule has 0 saturated carbocycles. The smallest absolute Gasteiger partial charge is 0.171 e. The van der Waals surface area contributed by atoms with E-state index < -0.39 is 0 Å². The van der Waals surface area contributed by atoms with E-state index in [4.69, 9.17) is 11.6 Å². The third kappa shape index (κ3) is 3.08. The van der Waals surface area contributed by atoms with Crippen molar-refractivity contribution in [2.45, 2.75) is 40.5 Å². The van der Waals surface area contributed by atoms with Crippen LogP contribution in [0.4, 0.5) is 5.82 Å². The zero-order chi connectivity index (χ0) is 12.1. The Labute approximate surface area is 103 Å². The molecule has 0 aliphatic carbocycles. The minimum absolute atomic E-state index is 0.519. The molecule has 1 rings (SSSR count). The number of aryl methyl sites for hydroxylation is 2. The number of aromatic nitrogens is 2. The highest BCUT2D eigenvalue weighted by atomic mass is 35.5. The quantitative estimate of drug-likeness (QED) is 0.792. The predicted molar refractivity (Wildman–Crippen MR) is 69.3 cm³/mol. The molecule has 1 aromatic heterocycles. The average Bonchev–Trinajstić information content (AvgIpc) is 2.23. The lowest BCUT2D eigenvalue weighted by molar-refractivity contribution is 0.729. The van der Waals surface area contributed by atoms with Gasteiger partial charge in [-0.3, -0.25) is 0 Å². The summed E-state index contributed by atoms with van der Waals surface area (Å²) in [6.07, 6.45) is 2.18. The van der Waals surface area contributed by atoms with Crippen molar-refractivity contribution < 1.29 is 0 Å². The summed E-state index contributed by atoms with van der Waals surface area (Å²) in [5, 5.41) is 0.519. The molecule has 0 aromatic carbocycles. The lowest BCUT2D eigenvalue weighted by Gasteiger charge is -2.23. The molecule has 1 aromatic rings. The van der Waals surface area contributed by atoms with Crippen LogP contribution >= 0.6 is 11.6 Å². The Morgan fingerprint density at radius 1 is 1.00 bits per heavy atom. The highest BCUT2D eigenvalue weighted by Crippen LogP contribution is 2.23. The summed E-state index contributed by atoms with van der Waals surface area (Å²) in [4.78, 5) is 11.1. The van der Waals surface area contributed by atoms with Crippen molar-refractivity contribution in [1.29, 1.82) is 0 Å². The fraction of sp³-hybridized carbons (Fsp3) is 0.667. The van der Waals surface area contributed by atoms with Crippen molar-refractivity contribution >= 4 is 17.4 Å². The average molecular weight is 242 g/mol. The Bertz CT molecular complexity index is 346. The summed E-state index contributed by atoms with van der Waals surface area (Å²) in [6.45, 7) is 10.2. The molecule has 0 spiro atoms. The van der Waals surface area contributed by atoms with Gasteiger partial charge in [-0.1, -0.05) is 25.4 Å². The van der Waals surface area contributed by atoms with Crippen LogP contribution in [-0.2, 0) is 0 Å². The van der Waals surface area contributed by atoms with E-state index in [0.717, 1.165) is 43.1 Å². The predicted octanol–water partition coefficient (Wildman–Crippen LogP) is 3.37. The Kier molecular flexibility index (Phi) is 5.00. The van der Waals surface area contributed by atoms with E-state index in [0.29, 0.717) is 5.15 Å². The van der Waals surface area contributed by atoms with Gasteiger partial charge >= 0.3 is 0 Å². The van der Waals surface area contributed by atoms with Gasteiger partial charge in [-0.15, -0.1) is 0 Å². The number of nitrogens with zero attached hydrogens (tertiary/aromatic N) is 3. The fourth-order valence-electron chi connectivity index (χ4n) is 1.63. The van der Waals surface area contributed by atoms with Crippen LogP contribution in [0.25, 0.3) is 0 Å². The van der Waals surface area contributed by atoms with Crippen LogP contribution in [0.15, 0.2) is 0 Å². The number of halogens is 1. The highest BCUT2D eigenvalue weighted by molar-refractivity contribution is 6.31. The summed E-state index contributed by atoms with van der Waals surface area (Å²) in [6, 6.07) is 0. The number of anilines is 1. The summed E-state index contributed by atoms with van der Waals surface area (Å²) in [5.74, 6) is 0.827. The molecular weight excluding hydrogens is 222 g/mol. The molecule has 0 aliphatic rings. The van der Waals surface area contributed by atoms with Gasteiger partial charge in [-0.05, 0) is 26.7 Å². The first-order chi connectivity index (χ1) is 7.60. The molecule has 0 unspecified atom stereocenters. The molecular formula is C12H20ClN3. The summed E-state index contributed by atoms with van der Waals surface area (Å²) < 4.78 is 0. The van der Waals surface area contributed by atoms with E-state index in [9.17, 15) is 0 Å². The van der Waals surface area contributed by atoms with Crippen LogP contribution in [0.2, 0.25) is 5.15 Å². The molecule has 0 saturated heterocycles. The van der Waals surface area contributed by atoms with Gasteiger partial charge in [0, 0.05) is 13.1 Å². The maximum Gasteiger partial charge on any atom is 0.171 e. The first kappa shape index (κ1) is 13.2. The molecule has 0 fully saturated rings. The van der Waals surface area contributed by atoms with E-state index in [1.807, 2.05) is 13.8 Å². The lowest BCUT2D eigenvalue weighted by atomic mass is 10.3. The Morgan fingerprint density at radius 3 is 2.00 bits per heavy atom. The van der Waals surface area contributed by atoms with E-state index >= 15 is 0 Å². The van der Waals surface area contributed by atoms with Crippen molar-refractivity contribution in [3.8, 4) is 0 Å². The maximum atomic E-state index is 6.15. The standard InChI is InChI=1S/C12H20ClN3/c1-5-7-16(8-6-2)12-11(13)14-9(3)10(4)15-12/h5-8H2,1-4H3. The van der Waals surface area contributed by atoms with Crippen LogP contribution in [0.3, 0.4) is 0 Å². The molecule has 90 valence electrons. The Hall–Kier alpha value is -0.830. The van der Waals surface area contributed by atoms with Gasteiger partial charge < -0.3 is 4.90 Å². The van der Waals surface area contributed by atoms with Gasteiger partial charge in [-0.2, -0.15) is 0 Å². The molecule has 4 heteroatoms. The van der Waals surface area contributed by atoms with E-state index in [2.05, 4.69) is 28.7 Å². The molecule has 16 heavy (non-hydrogen) atoms. The molecule has 0 N–H and O–H groups in total. The number of rotatable bonds is 5. The van der Waals surface area contributed by atoms with Crippen molar-refractivity contribution in [3.63, 3.8) is 0 Å². The second-order valence-corrected chi connectivity index (χ2v) is 4.35. The van der Waals surface area contributed by atoms with Crippen LogP contribution < -0.4 is 4.90 Å². The molecule has 0 amide bonds. The lowest BCUT2D eigenvalue weighted by Crippen LogP contribution is -2.26. The fourth-order valence-corrected chi connectivity index (χ4v) is 1.92. The SMILES string of the molecule is CCCN(CCC)c1nc(C)c(C)nc1Cl. The minimum atomic E-state index is 0.519. The second-order valence-electron chi connectivity index (χ2n) is 4.00. The molecule has 0 radical (unpaired) electrons. The summed E-state index contributed by atoms with van der Waals surface area (Å²) >= 11 is 6.15. The molecule has 3 nitrogen and oxygen atoms in total. The summed E-state index contributed by atoms with van der Waals surface area (Å²) in [7, 11) is 0. The van der Waals surface area contributed by atoms with Crippen molar-refractivity contribution in [3.05, 3.63) is 16.5 Å². The molecule has 0 atom stereocenters. The van der Waals surface area contributed by atoms with E-state index in [1.165, 1.54) is 0 Å². The van der Waals surface area contributed by atoms with Gasteiger partial charge in [-0.25, -0.2) is 9.97 Å². The number of hydrogen-bond acceptors (Lipinski definition) is 3. The van der Waals surface area contributed by atoms with Gasteiger partial charge in [0.25, 0.3) is 0 Å². The van der Waals surface area contributed by atoms with E-state index in [1.54, 1.807) is 0 Å². The van der Waals surface area contributed by atoms with Crippen LogP contribution in [-0.4, -0.2) is 23.1 Å². The van der Waals surface area contributed by atoms with Crippen LogP contribution in [0, 0.1) is 13.8 Å². The topological polar surface area (TPSA) is 29.0 Å². The zero-order valence-corrected chi connectivity index (χ0v) is 11.3. The molecule has 0 bridgehead atoms. The first-order valence-corrected chi connectivity index (χ1v) is 6.23. The van der Waals surface area contributed by atoms with Crippen LogP contribution in [0.5, 0.6) is 0 Å². The third-order valence-electron chi connectivity index (χ3n) is 2.53. The number of hydrogen-bond donors (Lipinski definition) is 0. The van der Waals surface area contributed by atoms with Crippen LogP contribution in [0.1, 0.15) is 38.1 Å². The van der Waals surface area contributed by atoms with Gasteiger partial charge in [0.2, 0.25) is 0 Å².